The summed E-state index contributed by atoms with van der Waals surface area (Å²) in [5.41, 5.74) is 1.78. The van der Waals surface area contributed by atoms with E-state index in [1.807, 2.05) is 0 Å². The Morgan fingerprint density at radius 2 is 2.25 bits per heavy atom. The lowest BCUT2D eigenvalue weighted by Gasteiger charge is -2.16. The summed E-state index contributed by atoms with van der Waals surface area (Å²) in [6.07, 6.45) is 2.32. The van der Waals surface area contributed by atoms with E-state index in [0.717, 1.165) is 24.1 Å². The molecule has 64 valence electrons. The molecule has 0 fully saturated rings. The van der Waals surface area contributed by atoms with E-state index in [9.17, 15) is 4.79 Å². The highest BCUT2D eigenvalue weighted by molar-refractivity contribution is 6.31. The van der Waals surface area contributed by atoms with Crippen LogP contribution < -0.4 is 10.9 Å². The Morgan fingerprint density at radius 3 is 3.00 bits per heavy atom. The normalized spacial score (nSPS) is 15.8. The van der Waals surface area contributed by atoms with Crippen molar-refractivity contribution < 1.29 is 0 Å². The van der Waals surface area contributed by atoms with Gasteiger partial charge in [0.2, 0.25) is 0 Å². The van der Waals surface area contributed by atoms with Crippen molar-refractivity contribution in [1.82, 2.24) is 10.3 Å². The number of fused-ring (bicyclic) bond motifs is 1. The van der Waals surface area contributed by atoms with Gasteiger partial charge in [-0.05, 0) is 18.5 Å². The fourth-order valence-corrected chi connectivity index (χ4v) is 1.70. The Labute approximate surface area is 74.8 Å². The van der Waals surface area contributed by atoms with E-state index in [4.69, 9.17) is 11.6 Å². The number of aromatic amines is 1. The number of nitrogens with one attached hydrogen (secondary N) is 2. The lowest BCUT2D eigenvalue weighted by Crippen LogP contribution is -2.29. The van der Waals surface area contributed by atoms with Crippen molar-refractivity contribution >= 4 is 11.6 Å². The van der Waals surface area contributed by atoms with E-state index in [2.05, 4.69) is 10.3 Å². The lowest BCUT2D eigenvalue weighted by atomic mass is 10.0. The van der Waals surface area contributed by atoms with Crippen LogP contribution >= 0.6 is 11.6 Å². The number of rotatable bonds is 0. The standard InChI is InChI=1S/C8H9ClN2O/c9-7-4-11-8(12)5-1-2-10-3-6(5)7/h4,10H,1-3H2,(H,11,12). The lowest BCUT2D eigenvalue weighted by molar-refractivity contribution is 0.637. The predicted molar refractivity (Wildman–Crippen MR) is 47.5 cm³/mol. The quantitative estimate of drug-likeness (QED) is 0.623. The zero-order chi connectivity index (χ0) is 8.55. The van der Waals surface area contributed by atoms with Crippen LogP contribution in [0.1, 0.15) is 11.1 Å². The largest absolute Gasteiger partial charge is 0.327 e. The molecule has 4 heteroatoms. The molecule has 0 spiro atoms. The van der Waals surface area contributed by atoms with Gasteiger partial charge in [-0.1, -0.05) is 11.6 Å². The van der Waals surface area contributed by atoms with Crippen LogP contribution in [0.3, 0.4) is 0 Å². The van der Waals surface area contributed by atoms with Crippen molar-refractivity contribution in [2.75, 3.05) is 6.54 Å². The highest BCUT2D eigenvalue weighted by Gasteiger charge is 2.14. The fraction of sp³-hybridized carbons (Fsp3) is 0.375. The molecule has 1 aromatic heterocycles. The van der Waals surface area contributed by atoms with Crippen LogP contribution in [0.4, 0.5) is 0 Å². The van der Waals surface area contributed by atoms with Gasteiger partial charge in [0.25, 0.3) is 5.56 Å². The van der Waals surface area contributed by atoms with E-state index < -0.39 is 0 Å². The van der Waals surface area contributed by atoms with Gasteiger partial charge in [0, 0.05) is 18.3 Å². The van der Waals surface area contributed by atoms with E-state index in [-0.39, 0.29) is 5.56 Å². The molecule has 12 heavy (non-hydrogen) atoms. The molecule has 1 aliphatic heterocycles. The first-order chi connectivity index (χ1) is 5.79. The molecule has 0 aromatic carbocycles. The Morgan fingerprint density at radius 1 is 1.42 bits per heavy atom. The van der Waals surface area contributed by atoms with Crippen molar-refractivity contribution in [3.8, 4) is 0 Å². The molecule has 0 bridgehead atoms. The summed E-state index contributed by atoms with van der Waals surface area (Å²) in [4.78, 5) is 13.9. The average Bonchev–Trinajstić information content (AvgIpc) is 2.12. The summed E-state index contributed by atoms with van der Waals surface area (Å²) in [5.74, 6) is 0. The van der Waals surface area contributed by atoms with Crippen molar-refractivity contribution in [2.24, 2.45) is 0 Å². The van der Waals surface area contributed by atoms with Gasteiger partial charge in [0.15, 0.2) is 0 Å². The highest BCUT2D eigenvalue weighted by atomic mass is 35.5. The maximum Gasteiger partial charge on any atom is 0.251 e. The van der Waals surface area contributed by atoms with Gasteiger partial charge in [-0.3, -0.25) is 4.79 Å². The molecular formula is C8H9ClN2O. The highest BCUT2D eigenvalue weighted by Crippen LogP contribution is 2.18. The first-order valence-electron chi connectivity index (χ1n) is 3.88. The number of pyridine rings is 1. The van der Waals surface area contributed by atoms with Crippen LogP contribution in [0.15, 0.2) is 11.0 Å². The molecule has 0 atom stereocenters. The first-order valence-corrected chi connectivity index (χ1v) is 4.26. The Bertz CT molecular complexity index is 359. The van der Waals surface area contributed by atoms with Gasteiger partial charge in [0.05, 0.1) is 5.02 Å². The molecule has 0 radical (unpaired) electrons. The van der Waals surface area contributed by atoms with Gasteiger partial charge in [-0.25, -0.2) is 0 Å². The predicted octanol–water partition coefficient (Wildman–Crippen LogP) is 0.674. The third-order valence-corrected chi connectivity index (χ3v) is 2.45. The molecule has 2 N–H and O–H groups in total. The molecule has 2 rings (SSSR count). The second-order valence-corrected chi connectivity index (χ2v) is 3.26. The van der Waals surface area contributed by atoms with E-state index in [0.29, 0.717) is 11.6 Å². The molecule has 0 saturated carbocycles. The molecule has 1 aromatic rings. The van der Waals surface area contributed by atoms with Gasteiger partial charge >= 0.3 is 0 Å². The van der Waals surface area contributed by atoms with Gasteiger partial charge in [-0.15, -0.1) is 0 Å². The maximum absolute atomic E-state index is 11.3. The minimum atomic E-state index is -0.00380. The van der Waals surface area contributed by atoms with Crippen molar-refractivity contribution in [3.05, 3.63) is 32.7 Å². The smallest absolute Gasteiger partial charge is 0.251 e. The summed E-state index contributed by atoms with van der Waals surface area (Å²) in [7, 11) is 0. The van der Waals surface area contributed by atoms with Crippen LogP contribution in [0.5, 0.6) is 0 Å². The van der Waals surface area contributed by atoms with E-state index >= 15 is 0 Å². The number of hydrogen-bond donors (Lipinski definition) is 2. The Kier molecular flexibility index (Phi) is 1.90. The van der Waals surface area contributed by atoms with E-state index in [1.54, 1.807) is 6.20 Å². The van der Waals surface area contributed by atoms with Crippen LogP contribution in [-0.4, -0.2) is 11.5 Å². The molecule has 1 aliphatic rings. The number of H-pyrrole nitrogens is 1. The molecule has 0 amide bonds. The fourth-order valence-electron chi connectivity index (χ4n) is 1.47. The summed E-state index contributed by atoms with van der Waals surface area (Å²) in [6.45, 7) is 1.56. The molecule has 0 aliphatic carbocycles. The zero-order valence-electron chi connectivity index (χ0n) is 6.48. The minimum Gasteiger partial charge on any atom is -0.327 e. The van der Waals surface area contributed by atoms with Crippen LogP contribution in [0.2, 0.25) is 5.02 Å². The molecular weight excluding hydrogens is 176 g/mol. The van der Waals surface area contributed by atoms with Crippen LogP contribution in [0, 0.1) is 0 Å². The van der Waals surface area contributed by atoms with Gasteiger partial charge in [-0.2, -0.15) is 0 Å². The second-order valence-electron chi connectivity index (χ2n) is 2.85. The monoisotopic (exact) mass is 184 g/mol. The van der Waals surface area contributed by atoms with E-state index in [1.165, 1.54) is 0 Å². The number of halogens is 1. The molecule has 0 unspecified atom stereocenters. The third kappa shape index (κ3) is 1.15. The second kappa shape index (κ2) is 2.92. The molecule has 2 heterocycles. The summed E-state index contributed by atoms with van der Waals surface area (Å²) in [6, 6.07) is 0. The number of aromatic nitrogens is 1. The van der Waals surface area contributed by atoms with Crippen LogP contribution in [-0.2, 0) is 13.0 Å². The SMILES string of the molecule is O=c1[nH]cc(Cl)c2c1CCNC2. The maximum atomic E-state index is 11.3. The number of hydrogen-bond acceptors (Lipinski definition) is 2. The third-order valence-electron chi connectivity index (χ3n) is 2.11. The zero-order valence-corrected chi connectivity index (χ0v) is 7.24. The van der Waals surface area contributed by atoms with Gasteiger partial charge in [0.1, 0.15) is 0 Å². The molecule has 3 nitrogen and oxygen atoms in total. The van der Waals surface area contributed by atoms with Crippen LogP contribution in [0.25, 0.3) is 0 Å². The molecule has 0 saturated heterocycles. The van der Waals surface area contributed by atoms with Crippen molar-refractivity contribution in [1.29, 1.82) is 0 Å². The minimum absolute atomic E-state index is 0.00380. The summed E-state index contributed by atoms with van der Waals surface area (Å²) < 4.78 is 0. The summed E-state index contributed by atoms with van der Waals surface area (Å²) in [5, 5.41) is 3.82. The Hall–Kier alpha value is -0.800. The topological polar surface area (TPSA) is 44.9 Å². The van der Waals surface area contributed by atoms with Gasteiger partial charge < -0.3 is 10.3 Å². The first kappa shape index (κ1) is 7.83. The van der Waals surface area contributed by atoms with Crippen molar-refractivity contribution in [2.45, 2.75) is 13.0 Å². The summed E-state index contributed by atoms with van der Waals surface area (Å²) >= 11 is 5.90. The Balaban J connectivity index is 2.64. The average molecular weight is 185 g/mol. The van der Waals surface area contributed by atoms with Crippen molar-refractivity contribution in [3.63, 3.8) is 0 Å².